The van der Waals surface area contributed by atoms with Crippen molar-refractivity contribution in [1.29, 1.82) is 0 Å². The number of piperidine rings is 1. The summed E-state index contributed by atoms with van der Waals surface area (Å²) in [6.07, 6.45) is 3.56. The Labute approximate surface area is 164 Å². The summed E-state index contributed by atoms with van der Waals surface area (Å²) in [7, 11) is 0. The molecule has 27 heavy (non-hydrogen) atoms. The minimum Gasteiger partial charge on any atom is -0.371 e. The van der Waals surface area contributed by atoms with Crippen LogP contribution in [0.25, 0.3) is 16.6 Å². The van der Waals surface area contributed by atoms with Crippen molar-refractivity contribution in [3.63, 3.8) is 0 Å². The van der Waals surface area contributed by atoms with E-state index in [1.807, 2.05) is 18.2 Å². The lowest BCUT2D eigenvalue weighted by atomic mass is 9.98. The average molecular weight is 424 g/mol. The van der Waals surface area contributed by atoms with E-state index in [4.69, 9.17) is 0 Å². The van der Waals surface area contributed by atoms with Crippen molar-refractivity contribution in [2.24, 2.45) is 5.92 Å². The van der Waals surface area contributed by atoms with Crippen LogP contribution in [0.4, 0.5) is 5.69 Å². The van der Waals surface area contributed by atoms with E-state index in [2.05, 4.69) is 48.6 Å². The second kappa shape index (κ2) is 6.30. The Balaban J connectivity index is 1.63. The van der Waals surface area contributed by atoms with Crippen LogP contribution in [0.1, 0.15) is 24.2 Å². The van der Waals surface area contributed by atoms with E-state index in [1.54, 1.807) is 0 Å². The van der Waals surface area contributed by atoms with Crippen LogP contribution >= 0.6 is 15.9 Å². The van der Waals surface area contributed by atoms with E-state index in [-0.39, 0.29) is 11.5 Å². The number of hydrogen-bond acceptors (Lipinski definition) is 4. The van der Waals surface area contributed by atoms with Crippen molar-refractivity contribution in [2.45, 2.75) is 19.3 Å². The molecule has 6 heteroatoms. The SMILES string of the molecule is O=CC1CCN(c2ccc3c(c2)-n2c(nc(=O)c4c(Br)cccc42)C3)CC1. The van der Waals surface area contributed by atoms with Crippen LogP contribution in [0.5, 0.6) is 0 Å². The zero-order valence-corrected chi connectivity index (χ0v) is 16.3. The number of rotatable bonds is 2. The van der Waals surface area contributed by atoms with Crippen LogP contribution in [0, 0.1) is 5.92 Å². The minimum atomic E-state index is -0.187. The molecule has 3 heterocycles. The van der Waals surface area contributed by atoms with Gasteiger partial charge < -0.3 is 9.69 Å². The molecule has 0 N–H and O–H groups in total. The second-order valence-electron chi connectivity index (χ2n) is 7.25. The molecule has 1 saturated heterocycles. The van der Waals surface area contributed by atoms with Gasteiger partial charge in [0.1, 0.15) is 12.1 Å². The largest absolute Gasteiger partial charge is 0.371 e. The molecule has 2 aliphatic heterocycles. The highest BCUT2D eigenvalue weighted by atomic mass is 79.9. The highest BCUT2D eigenvalue weighted by Gasteiger charge is 2.25. The van der Waals surface area contributed by atoms with Gasteiger partial charge in [-0.05, 0) is 58.6 Å². The summed E-state index contributed by atoms with van der Waals surface area (Å²) < 4.78 is 2.88. The fraction of sp³-hybridized carbons (Fsp3) is 0.286. The van der Waals surface area contributed by atoms with Crippen molar-refractivity contribution in [3.8, 4) is 5.69 Å². The molecule has 0 aliphatic carbocycles. The van der Waals surface area contributed by atoms with Crippen molar-refractivity contribution in [2.75, 3.05) is 18.0 Å². The Morgan fingerprint density at radius 1 is 1.15 bits per heavy atom. The lowest BCUT2D eigenvalue weighted by Crippen LogP contribution is -2.34. The van der Waals surface area contributed by atoms with Gasteiger partial charge in [0, 0.05) is 35.6 Å². The maximum Gasteiger partial charge on any atom is 0.281 e. The molecule has 2 aliphatic rings. The van der Waals surface area contributed by atoms with Crippen molar-refractivity contribution in [3.05, 3.63) is 62.6 Å². The molecule has 0 atom stereocenters. The first-order valence-corrected chi connectivity index (χ1v) is 9.98. The predicted octanol–water partition coefficient (Wildman–Crippen LogP) is 3.47. The van der Waals surface area contributed by atoms with Gasteiger partial charge in [-0.15, -0.1) is 0 Å². The Morgan fingerprint density at radius 3 is 2.74 bits per heavy atom. The molecule has 0 radical (unpaired) electrons. The maximum absolute atomic E-state index is 12.5. The number of anilines is 1. The number of hydrogen-bond donors (Lipinski definition) is 0. The maximum atomic E-state index is 12.5. The molecule has 1 aromatic heterocycles. The van der Waals surface area contributed by atoms with Gasteiger partial charge in [-0.3, -0.25) is 9.36 Å². The van der Waals surface area contributed by atoms with E-state index >= 15 is 0 Å². The van der Waals surface area contributed by atoms with Gasteiger partial charge in [0.05, 0.1) is 16.6 Å². The molecule has 5 rings (SSSR count). The first-order valence-electron chi connectivity index (χ1n) is 9.19. The van der Waals surface area contributed by atoms with Gasteiger partial charge >= 0.3 is 0 Å². The molecule has 1 fully saturated rings. The fourth-order valence-corrected chi connectivity index (χ4v) is 4.76. The zero-order valence-electron chi connectivity index (χ0n) is 14.7. The van der Waals surface area contributed by atoms with Gasteiger partial charge in [-0.25, -0.2) is 0 Å². The van der Waals surface area contributed by atoms with Crippen LogP contribution in [-0.4, -0.2) is 28.9 Å². The van der Waals surface area contributed by atoms with E-state index in [0.717, 1.165) is 59.4 Å². The molecule has 0 spiro atoms. The third-order valence-electron chi connectivity index (χ3n) is 5.69. The zero-order chi connectivity index (χ0) is 18.5. The number of aromatic nitrogens is 2. The van der Waals surface area contributed by atoms with Crippen LogP contribution in [0.15, 0.2) is 45.7 Å². The topological polar surface area (TPSA) is 55.2 Å². The number of aldehydes is 1. The molecule has 3 aromatic rings. The summed E-state index contributed by atoms with van der Waals surface area (Å²) >= 11 is 3.50. The monoisotopic (exact) mass is 423 g/mol. The molecule has 0 bridgehead atoms. The second-order valence-corrected chi connectivity index (χ2v) is 8.11. The molecule has 0 unspecified atom stereocenters. The molecular formula is C21H18BrN3O2. The number of halogens is 1. The fourth-order valence-electron chi connectivity index (χ4n) is 4.23. The van der Waals surface area contributed by atoms with Crippen LogP contribution in [0.2, 0.25) is 0 Å². The summed E-state index contributed by atoms with van der Waals surface area (Å²) in [4.78, 5) is 30.2. The van der Waals surface area contributed by atoms with Gasteiger partial charge in [0.15, 0.2) is 0 Å². The average Bonchev–Trinajstić information content (AvgIpc) is 3.05. The normalized spacial score (nSPS) is 16.4. The highest BCUT2D eigenvalue weighted by molar-refractivity contribution is 9.10. The van der Waals surface area contributed by atoms with E-state index in [1.165, 1.54) is 5.56 Å². The lowest BCUT2D eigenvalue weighted by Gasteiger charge is -2.32. The Morgan fingerprint density at radius 2 is 1.96 bits per heavy atom. The lowest BCUT2D eigenvalue weighted by molar-refractivity contribution is -0.111. The van der Waals surface area contributed by atoms with Crippen molar-refractivity contribution < 1.29 is 4.79 Å². The molecule has 5 nitrogen and oxygen atoms in total. The standard InChI is InChI=1S/C21H18BrN3O2/c22-16-2-1-3-17-20(16)21(27)23-19-10-14-4-5-15(11-18(14)25(17)19)24-8-6-13(12-26)7-9-24/h1-5,11-13H,6-10H2. The van der Waals surface area contributed by atoms with E-state index < -0.39 is 0 Å². The predicted molar refractivity (Wildman–Crippen MR) is 109 cm³/mol. The highest BCUT2D eigenvalue weighted by Crippen LogP contribution is 2.34. The Bertz CT molecular complexity index is 1130. The van der Waals surface area contributed by atoms with Crippen LogP contribution in [0.3, 0.4) is 0 Å². The number of benzene rings is 2. The first kappa shape index (κ1) is 16.7. The van der Waals surface area contributed by atoms with Gasteiger partial charge in [-0.1, -0.05) is 12.1 Å². The van der Waals surface area contributed by atoms with Crippen LogP contribution in [-0.2, 0) is 11.2 Å². The number of fused-ring (bicyclic) bond motifs is 5. The summed E-state index contributed by atoms with van der Waals surface area (Å²) in [6, 6.07) is 12.3. The summed E-state index contributed by atoms with van der Waals surface area (Å²) in [5, 5.41) is 0.617. The molecule has 136 valence electrons. The Kier molecular flexibility index (Phi) is 3.90. The first-order chi connectivity index (χ1) is 13.2. The number of nitrogens with zero attached hydrogens (tertiary/aromatic N) is 3. The van der Waals surface area contributed by atoms with Gasteiger partial charge in [-0.2, -0.15) is 4.98 Å². The quantitative estimate of drug-likeness (QED) is 0.463. The Hall–Kier alpha value is -2.47. The molecular weight excluding hydrogens is 406 g/mol. The summed E-state index contributed by atoms with van der Waals surface area (Å²) in [5.41, 5.74) is 4.13. The minimum absolute atomic E-state index is 0.187. The van der Waals surface area contributed by atoms with Crippen LogP contribution < -0.4 is 10.5 Å². The summed E-state index contributed by atoms with van der Waals surface area (Å²) in [6.45, 7) is 1.79. The number of carbonyl (C=O) groups excluding carboxylic acids is 1. The van der Waals surface area contributed by atoms with E-state index in [9.17, 15) is 9.59 Å². The van der Waals surface area contributed by atoms with E-state index in [0.29, 0.717) is 11.8 Å². The molecule has 2 aromatic carbocycles. The van der Waals surface area contributed by atoms with Crippen molar-refractivity contribution in [1.82, 2.24) is 9.55 Å². The third kappa shape index (κ3) is 2.62. The van der Waals surface area contributed by atoms with Gasteiger partial charge in [0.25, 0.3) is 5.56 Å². The molecule has 0 saturated carbocycles. The van der Waals surface area contributed by atoms with Gasteiger partial charge in [0.2, 0.25) is 0 Å². The number of carbonyl (C=O) groups is 1. The van der Waals surface area contributed by atoms with Crippen molar-refractivity contribution >= 4 is 38.8 Å². The summed E-state index contributed by atoms with van der Waals surface area (Å²) in [5.74, 6) is 0.976. The molecule has 0 amide bonds. The smallest absolute Gasteiger partial charge is 0.281 e. The third-order valence-corrected chi connectivity index (χ3v) is 6.35.